The van der Waals surface area contributed by atoms with Crippen molar-refractivity contribution in [1.82, 2.24) is 9.13 Å². The molecule has 6 aromatic rings. The molecule has 7 atom stereocenters. The van der Waals surface area contributed by atoms with Crippen LogP contribution in [0.25, 0.3) is 54.9 Å². The first-order valence-corrected chi connectivity index (χ1v) is 40.2. The van der Waals surface area contributed by atoms with Crippen LogP contribution in [0.3, 0.4) is 0 Å². The lowest BCUT2D eigenvalue weighted by Gasteiger charge is -2.56. The normalized spacial score (nSPS) is 26.4. The van der Waals surface area contributed by atoms with Gasteiger partial charge in [0.1, 0.15) is 16.5 Å². The molecule has 4 saturated carbocycles. The highest BCUT2D eigenvalue weighted by Crippen LogP contribution is 2.63. The molecule has 0 aromatic heterocycles. The third-order valence-electron chi connectivity index (χ3n) is 23.8. The fourth-order valence-electron chi connectivity index (χ4n) is 21.0. The first kappa shape index (κ1) is 59.1. The summed E-state index contributed by atoms with van der Waals surface area (Å²) < 4.78 is 6.25. The summed E-state index contributed by atoms with van der Waals surface area (Å²) in [7, 11) is -3.50. The second kappa shape index (κ2) is 21.7. The van der Waals surface area contributed by atoms with Gasteiger partial charge in [0.2, 0.25) is 0 Å². The molecule has 0 saturated heterocycles. The Morgan fingerprint density at radius 3 is 1.35 bits per heavy atom. The van der Waals surface area contributed by atoms with Crippen LogP contribution in [0, 0.1) is 29.6 Å². The van der Waals surface area contributed by atoms with Crippen LogP contribution >= 0.6 is 0 Å². The van der Waals surface area contributed by atoms with Crippen molar-refractivity contribution >= 4 is 49.2 Å². The van der Waals surface area contributed by atoms with Gasteiger partial charge in [-0.05, 0) is 221 Å². The molecule has 85 heavy (non-hydrogen) atoms. The molecule has 6 aromatic carbocycles. The summed E-state index contributed by atoms with van der Waals surface area (Å²) in [6.07, 6.45) is 29.3. The Morgan fingerprint density at radius 1 is 0.435 bits per heavy atom. The molecule has 8 aliphatic carbocycles. The molecule has 8 aliphatic rings. The number of hydrogen-bond acceptors (Lipinski definition) is 2. The largest absolute Gasteiger partial charge is 0.316 e. The van der Waals surface area contributed by atoms with Crippen molar-refractivity contribution in [1.29, 1.82) is 0 Å². The van der Waals surface area contributed by atoms with Gasteiger partial charge in [0.05, 0.1) is 0 Å². The maximum absolute atomic E-state index is 3.13. The zero-order chi connectivity index (χ0) is 59.8. The Hall–Kier alpha value is -4.85. The SMILES string of the molecule is CC1(C)C2=CC3C(C=C2c2ccc(-c4cccc5ccccc45)cc21)CCC3[Si](C)(C)N(C1CCCCC1)C(C)(C)C.CC1CC2C=C3C(=CC2C1[Si](C)(C)N(C1CCCCC1)C(C)(C)C)C(C)(C)c1cc(-c2cccc4ccccc24)ccc13. The molecule has 14 rings (SSSR count). The predicted molar refractivity (Wildman–Crippen MR) is 373 cm³/mol. The molecule has 7 unspecified atom stereocenters. The third kappa shape index (κ3) is 10.1. The highest BCUT2D eigenvalue weighted by atomic mass is 28.3. The fraction of sp³-hybridized carbons (Fsp3) is 0.506. The van der Waals surface area contributed by atoms with Crippen LogP contribution in [0.1, 0.15) is 182 Å². The standard InChI is InChI=1S/C41H53NSi.C40H51NSi/c1-27-23-30-24-36-34-22-21-29(33-20-14-16-28-15-12-13-19-32(28)33)25-37(34)41(5,6)38(36)26-35(30)39(27)43(7,8)42(40(2,3)4)31-17-10-9-11-18-31;1-39(2,3)41(30-16-9-8-10-17-30)42(6,7)38-23-21-28-24-35-33-22-20-29(25-36(33)40(4,5)37(35)26-34(28)38)32-19-13-15-27-14-11-12-18-31(27)32/h12-16,19-22,24-27,30-31,35,39H,9-11,17-18,23H2,1-8H3;11-15,18-20,22,24-26,28,30,34,38H,8-10,16-17,21,23H2,1-7H3. The summed E-state index contributed by atoms with van der Waals surface area (Å²) in [4.78, 5) is 0. The second-order valence-electron chi connectivity index (χ2n) is 32.5. The molecule has 0 N–H and O–H groups in total. The van der Waals surface area contributed by atoms with Crippen molar-refractivity contribution < 1.29 is 0 Å². The van der Waals surface area contributed by atoms with Gasteiger partial charge in [-0.3, -0.25) is 0 Å². The average molecular weight is 1160 g/mol. The van der Waals surface area contributed by atoms with Crippen LogP contribution in [0.4, 0.5) is 0 Å². The molecule has 4 heteroatoms. The van der Waals surface area contributed by atoms with Gasteiger partial charge < -0.3 is 9.13 Å². The molecule has 2 nitrogen and oxygen atoms in total. The van der Waals surface area contributed by atoms with Crippen molar-refractivity contribution in [2.24, 2.45) is 29.6 Å². The maximum atomic E-state index is 3.13. The first-order valence-electron chi connectivity index (χ1n) is 34.1. The first-order chi connectivity index (χ1) is 40.4. The van der Waals surface area contributed by atoms with Crippen LogP contribution in [0.15, 0.2) is 157 Å². The molecule has 0 aliphatic heterocycles. The zero-order valence-electron chi connectivity index (χ0n) is 55.1. The number of hydrogen-bond donors (Lipinski definition) is 0. The van der Waals surface area contributed by atoms with Crippen LogP contribution in [0.5, 0.6) is 0 Å². The number of fused-ring (bicyclic) bond motifs is 10. The van der Waals surface area contributed by atoms with Gasteiger partial charge >= 0.3 is 0 Å². The van der Waals surface area contributed by atoms with E-state index in [2.05, 4.69) is 257 Å². The van der Waals surface area contributed by atoms with E-state index >= 15 is 0 Å². The van der Waals surface area contributed by atoms with Gasteiger partial charge in [0.15, 0.2) is 0 Å². The Bertz CT molecular complexity index is 3650. The smallest absolute Gasteiger partial charge is 0.127 e. The van der Waals surface area contributed by atoms with E-state index in [1.54, 1.807) is 16.7 Å². The lowest BCUT2D eigenvalue weighted by molar-refractivity contribution is 0.138. The van der Waals surface area contributed by atoms with Crippen molar-refractivity contribution in [3.63, 3.8) is 0 Å². The quantitative estimate of drug-likeness (QED) is 0.140. The van der Waals surface area contributed by atoms with E-state index in [0.29, 0.717) is 23.7 Å². The average Bonchev–Trinajstić information content (AvgIpc) is 1.63. The summed E-state index contributed by atoms with van der Waals surface area (Å²) in [5, 5.41) is 5.32. The monoisotopic (exact) mass is 1160 g/mol. The maximum Gasteiger partial charge on any atom is 0.127 e. The van der Waals surface area contributed by atoms with Crippen LogP contribution in [-0.4, -0.2) is 48.8 Å². The molecule has 0 bridgehead atoms. The molecule has 0 heterocycles. The number of allylic oxidation sites excluding steroid dienone is 8. The van der Waals surface area contributed by atoms with Crippen LogP contribution in [-0.2, 0) is 10.8 Å². The van der Waals surface area contributed by atoms with E-state index in [0.717, 1.165) is 29.1 Å². The minimum atomic E-state index is -1.78. The van der Waals surface area contributed by atoms with Gasteiger partial charge in [0, 0.05) is 34.0 Å². The Kier molecular flexibility index (Phi) is 15.1. The van der Waals surface area contributed by atoms with Gasteiger partial charge in [-0.1, -0.05) is 239 Å². The molecule has 0 amide bonds. The predicted octanol–water partition coefficient (Wildman–Crippen LogP) is 22.6. The van der Waals surface area contributed by atoms with Gasteiger partial charge in [0.25, 0.3) is 0 Å². The van der Waals surface area contributed by atoms with Crippen LogP contribution in [0.2, 0.25) is 37.3 Å². The van der Waals surface area contributed by atoms with Crippen molar-refractivity contribution in [2.45, 2.75) is 231 Å². The van der Waals surface area contributed by atoms with E-state index in [4.69, 9.17) is 0 Å². The van der Waals surface area contributed by atoms with E-state index in [1.807, 2.05) is 0 Å². The van der Waals surface area contributed by atoms with Gasteiger partial charge in [-0.2, -0.15) is 0 Å². The van der Waals surface area contributed by atoms with Gasteiger partial charge in [-0.25, -0.2) is 0 Å². The van der Waals surface area contributed by atoms with Crippen molar-refractivity contribution in [2.75, 3.05) is 0 Å². The highest BCUT2D eigenvalue weighted by molar-refractivity contribution is 6.77. The van der Waals surface area contributed by atoms with Crippen molar-refractivity contribution in [3.8, 4) is 22.3 Å². The topological polar surface area (TPSA) is 6.48 Å². The summed E-state index contributed by atoms with van der Waals surface area (Å²) in [6, 6.07) is 47.4. The van der Waals surface area contributed by atoms with Crippen LogP contribution < -0.4 is 0 Å². The molecule has 0 spiro atoms. The van der Waals surface area contributed by atoms with Gasteiger partial charge in [-0.15, -0.1) is 0 Å². The van der Waals surface area contributed by atoms with E-state index in [9.17, 15) is 0 Å². The second-order valence-corrected chi connectivity index (χ2v) is 41.5. The fourth-order valence-corrected chi connectivity index (χ4v) is 32.5. The molecular weight excluding hydrogens is 1060 g/mol. The molecular formula is C81H104N2Si2. The molecule has 0 radical (unpaired) electrons. The summed E-state index contributed by atoms with van der Waals surface area (Å²) in [6.45, 7) is 38.6. The van der Waals surface area contributed by atoms with E-state index < -0.39 is 16.5 Å². The Labute approximate surface area is 516 Å². The minimum Gasteiger partial charge on any atom is -0.316 e. The van der Waals surface area contributed by atoms with Crippen molar-refractivity contribution in [3.05, 3.63) is 179 Å². The summed E-state index contributed by atoms with van der Waals surface area (Å²) in [5.41, 5.74) is 19.7. The zero-order valence-corrected chi connectivity index (χ0v) is 57.1. The summed E-state index contributed by atoms with van der Waals surface area (Å²) in [5.74, 6) is 3.47. The molecule has 4 fully saturated rings. The number of benzene rings is 6. The van der Waals surface area contributed by atoms with E-state index in [-0.39, 0.29) is 21.9 Å². The number of rotatable bonds is 8. The third-order valence-corrected chi connectivity index (χ3v) is 33.4. The highest BCUT2D eigenvalue weighted by Gasteiger charge is 2.57. The lowest BCUT2D eigenvalue weighted by atomic mass is 9.76. The minimum absolute atomic E-state index is 0.0158. The molecule has 446 valence electrons. The Balaban J connectivity index is 0.000000158. The summed E-state index contributed by atoms with van der Waals surface area (Å²) >= 11 is 0. The number of nitrogens with zero attached hydrogens (tertiary/aromatic N) is 2. The van der Waals surface area contributed by atoms with E-state index in [1.165, 1.54) is 155 Å². The Morgan fingerprint density at radius 2 is 0.871 bits per heavy atom. The lowest BCUT2D eigenvalue weighted by Crippen LogP contribution is -2.65.